The lowest BCUT2D eigenvalue weighted by Crippen LogP contribution is -2.38. The number of rotatable bonds is 5. The van der Waals surface area contributed by atoms with Crippen LogP contribution in [0.2, 0.25) is 0 Å². The van der Waals surface area contributed by atoms with Gasteiger partial charge in [0.05, 0.1) is 6.61 Å². The Labute approximate surface area is 132 Å². The number of sulfonamides is 1. The molecule has 0 saturated carbocycles. The fourth-order valence-corrected chi connectivity index (χ4v) is 4.43. The SMILES string of the molecule is CC(NS(=O)(=O)c1cc(Br)cc(CN)c1F)C1CCOC1. The molecule has 1 aliphatic heterocycles. The van der Waals surface area contributed by atoms with Crippen molar-refractivity contribution in [2.75, 3.05) is 13.2 Å². The first-order chi connectivity index (χ1) is 9.85. The molecule has 0 aromatic heterocycles. The van der Waals surface area contributed by atoms with E-state index >= 15 is 0 Å². The fourth-order valence-electron chi connectivity index (χ4n) is 2.31. The number of nitrogens with one attached hydrogen (secondary N) is 1. The van der Waals surface area contributed by atoms with Gasteiger partial charge in [0.15, 0.2) is 0 Å². The van der Waals surface area contributed by atoms with Crippen molar-refractivity contribution in [2.24, 2.45) is 11.7 Å². The number of hydrogen-bond donors (Lipinski definition) is 2. The summed E-state index contributed by atoms with van der Waals surface area (Å²) in [6.45, 7) is 2.83. The predicted molar refractivity (Wildman–Crippen MR) is 80.7 cm³/mol. The van der Waals surface area contributed by atoms with Crippen LogP contribution in [-0.2, 0) is 21.3 Å². The molecule has 118 valence electrons. The van der Waals surface area contributed by atoms with Gasteiger partial charge in [0.1, 0.15) is 10.7 Å². The molecule has 2 rings (SSSR count). The second-order valence-corrected chi connectivity index (χ2v) is 7.71. The predicted octanol–water partition coefficient (Wildman–Crippen LogP) is 1.75. The van der Waals surface area contributed by atoms with E-state index in [4.69, 9.17) is 10.5 Å². The van der Waals surface area contributed by atoms with Crippen molar-refractivity contribution in [2.45, 2.75) is 30.8 Å². The molecule has 1 fully saturated rings. The van der Waals surface area contributed by atoms with Crippen LogP contribution in [0.3, 0.4) is 0 Å². The summed E-state index contributed by atoms with van der Waals surface area (Å²) >= 11 is 3.18. The number of nitrogens with two attached hydrogens (primary N) is 1. The Morgan fingerprint density at radius 3 is 2.86 bits per heavy atom. The van der Waals surface area contributed by atoms with Gasteiger partial charge in [-0.25, -0.2) is 17.5 Å². The minimum atomic E-state index is -3.95. The minimum absolute atomic E-state index is 0.0696. The second kappa shape index (κ2) is 6.70. The molecule has 21 heavy (non-hydrogen) atoms. The van der Waals surface area contributed by atoms with Gasteiger partial charge in [0.2, 0.25) is 10.0 Å². The Kier molecular flexibility index (Phi) is 5.37. The van der Waals surface area contributed by atoms with Gasteiger partial charge in [-0.05, 0) is 25.5 Å². The normalized spacial score (nSPS) is 20.7. The first kappa shape index (κ1) is 16.8. The third-order valence-electron chi connectivity index (χ3n) is 3.60. The summed E-state index contributed by atoms with van der Waals surface area (Å²) in [4.78, 5) is -0.386. The van der Waals surface area contributed by atoms with E-state index in [0.29, 0.717) is 17.7 Å². The van der Waals surface area contributed by atoms with Gasteiger partial charge in [-0.2, -0.15) is 0 Å². The Morgan fingerprint density at radius 1 is 1.57 bits per heavy atom. The lowest BCUT2D eigenvalue weighted by molar-refractivity contribution is 0.180. The minimum Gasteiger partial charge on any atom is -0.381 e. The molecule has 1 aromatic carbocycles. The molecular formula is C13H18BrFN2O3S. The molecule has 1 heterocycles. The van der Waals surface area contributed by atoms with Crippen molar-refractivity contribution in [1.82, 2.24) is 4.72 Å². The van der Waals surface area contributed by atoms with E-state index in [-0.39, 0.29) is 29.0 Å². The van der Waals surface area contributed by atoms with Crippen molar-refractivity contribution >= 4 is 26.0 Å². The van der Waals surface area contributed by atoms with Gasteiger partial charge in [-0.15, -0.1) is 0 Å². The molecule has 0 bridgehead atoms. The molecule has 0 spiro atoms. The zero-order valence-electron chi connectivity index (χ0n) is 11.6. The van der Waals surface area contributed by atoms with Crippen LogP contribution < -0.4 is 10.5 Å². The number of halogens is 2. The van der Waals surface area contributed by atoms with Gasteiger partial charge >= 0.3 is 0 Å². The van der Waals surface area contributed by atoms with Crippen LogP contribution in [0.15, 0.2) is 21.5 Å². The zero-order valence-corrected chi connectivity index (χ0v) is 14.0. The molecular weight excluding hydrogens is 363 g/mol. The molecule has 1 aromatic rings. The van der Waals surface area contributed by atoms with E-state index in [0.717, 1.165) is 6.42 Å². The molecule has 0 aliphatic carbocycles. The van der Waals surface area contributed by atoms with E-state index in [2.05, 4.69) is 20.7 Å². The molecule has 3 N–H and O–H groups in total. The first-order valence-corrected chi connectivity index (χ1v) is 8.91. The molecule has 8 heteroatoms. The summed E-state index contributed by atoms with van der Waals surface area (Å²) < 4.78 is 47.2. The summed E-state index contributed by atoms with van der Waals surface area (Å²) in [7, 11) is -3.95. The highest BCUT2D eigenvalue weighted by Gasteiger charge is 2.29. The zero-order chi connectivity index (χ0) is 15.6. The average molecular weight is 381 g/mol. The molecule has 1 saturated heterocycles. The topological polar surface area (TPSA) is 81.4 Å². The van der Waals surface area contributed by atoms with E-state index in [1.807, 2.05) is 0 Å². The first-order valence-electron chi connectivity index (χ1n) is 6.63. The van der Waals surface area contributed by atoms with Crippen LogP contribution in [0.1, 0.15) is 18.9 Å². The van der Waals surface area contributed by atoms with Crippen molar-refractivity contribution in [3.8, 4) is 0 Å². The molecule has 2 unspecified atom stereocenters. The fraction of sp³-hybridized carbons (Fsp3) is 0.538. The van der Waals surface area contributed by atoms with Gasteiger partial charge in [-0.1, -0.05) is 15.9 Å². The highest BCUT2D eigenvalue weighted by atomic mass is 79.9. The van der Waals surface area contributed by atoms with Crippen LogP contribution in [0, 0.1) is 11.7 Å². The highest BCUT2D eigenvalue weighted by molar-refractivity contribution is 9.10. The van der Waals surface area contributed by atoms with Crippen LogP contribution in [0.5, 0.6) is 0 Å². The highest BCUT2D eigenvalue weighted by Crippen LogP contribution is 2.25. The third-order valence-corrected chi connectivity index (χ3v) is 5.62. The lowest BCUT2D eigenvalue weighted by atomic mass is 10.0. The van der Waals surface area contributed by atoms with Gasteiger partial charge in [0.25, 0.3) is 0 Å². The van der Waals surface area contributed by atoms with E-state index in [1.165, 1.54) is 12.1 Å². The maximum Gasteiger partial charge on any atom is 0.243 e. The van der Waals surface area contributed by atoms with Gasteiger partial charge in [-0.3, -0.25) is 0 Å². The molecule has 0 radical (unpaired) electrons. The van der Waals surface area contributed by atoms with E-state index < -0.39 is 15.8 Å². The molecule has 2 atom stereocenters. The van der Waals surface area contributed by atoms with Crippen molar-refractivity contribution in [3.05, 3.63) is 28.0 Å². The van der Waals surface area contributed by atoms with Crippen molar-refractivity contribution < 1.29 is 17.5 Å². The van der Waals surface area contributed by atoms with Crippen LogP contribution in [0.25, 0.3) is 0 Å². The van der Waals surface area contributed by atoms with Crippen LogP contribution in [0.4, 0.5) is 4.39 Å². The second-order valence-electron chi connectivity index (χ2n) is 5.11. The quantitative estimate of drug-likeness (QED) is 0.815. The number of hydrogen-bond acceptors (Lipinski definition) is 4. The monoisotopic (exact) mass is 380 g/mol. The van der Waals surface area contributed by atoms with Gasteiger partial charge in [0, 0.05) is 35.1 Å². The summed E-state index contributed by atoms with van der Waals surface area (Å²) in [5.74, 6) is -0.702. The number of benzene rings is 1. The van der Waals surface area contributed by atoms with Crippen molar-refractivity contribution in [1.29, 1.82) is 0 Å². The lowest BCUT2D eigenvalue weighted by Gasteiger charge is -2.20. The van der Waals surface area contributed by atoms with Crippen LogP contribution >= 0.6 is 15.9 Å². The Hall–Kier alpha value is -0.540. The summed E-state index contributed by atoms with van der Waals surface area (Å²) in [5.41, 5.74) is 5.59. The maximum absolute atomic E-state index is 14.2. The molecule has 0 amide bonds. The Bertz CT molecular complexity index is 618. The molecule has 1 aliphatic rings. The molecule has 5 nitrogen and oxygen atoms in total. The summed E-state index contributed by atoms with van der Waals surface area (Å²) in [5, 5.41) is 0. The van der Waals surface area contributed by atoms with E-state index in [1.54, 1.807) is 6.92 Å². The Balaban J connectivity index is 2.28. The maximum atomic E-state index is 14.2. The van der Waals surface area contributed by atoms with Crippen molar-refractivity contribution in [3.63, 3.8) is 0 Å². The Morgan fingerprint density at radius 2 is 2.29 bits per heavy atom. The van der Waals surface area contributed by atoms with Crippen LogP contribution in [-0.4, -0.2) is 27.7 Å². The standard InChI is InChI=1S/C13H18BrFN2O3S/c1-8(9-2-3-20-7-9)17-21(18,19)12-5-11(14)4-10(6-16)13(12)15/h4-5,8-9,17H,2-3,6-7,16H2,1H3. The average Bonchev–Trinajstić information content (AvgIpc) is 2.94. The summed E-state index contributed by atoms with van der Waals surface area (Å²) in [6, 6.07) is 2.40. The largest absolute Gasteiger partial charge is 0.381 e. The summed E-state index contributed by atoms with van der Waals surface area (Å²) in [6.07, 6.45) is 0.790. The van der Waals surface area contributed by atoms with Gasteiger partial charge < -0.3 is 10.5 Å². The third kappa shape index (κ3) is 3.81. The smallest absolute Gasteiger partial charge is 0.243 e. The van der Waals surface area contributed by atoms with E-state index in [9.17, 15) is 12.8 Å². The number of ether oxygens (including phenoxy) is 1.